The van der Waals surface area contributed by atoms with Gasteiger partial charge in [-0.1, -0.05) is 31.3 Å². The smallest absolute Gasteiger partial charge is 0.234 e. The average Bonchev–Trinajstić information content (AvgIpc) is 2.91. The zero-order chi connectivity index (χ0) is 13.0. The van der Waals surface area contributed by atoms with Gasteiger partial charge in [0, 0.05) is 13.7 Å². The predicted octanol–water partition coefficient (Wildman–Crippen LogP) is 2.33. The van der Waals surface area contributed by atoms with Crippen LogP contribution in [0.5, 0.6) is 0 Å². The maximum atomic E-state index is 5.96. The van der Waals surface area contributed by atoms with Crippen molar-refractivity contribution in [2.75, 3.05) is 13.7 Å². The summed E-state index contributed by atoms with van der Waals surface area (Å²) in [6, 6.07) is 0. The molecule has 2 N–H and O–H groups in total. The molecule has 1 aromatic rings. The summed E-state index contributed by atoms with van der Waals surface area (Å²) in [4.78, 5) is 4.54. The van der Waals surface area contributed by atoms with Crippen LogP contribution >= 0.6 is 0 Å². The molecule has 0 spiro atoms. The molecular formula is C13H23N3O2. The van der Waals surface area contributed by atoms with Gasteiger partial charge in [0.15, 0.2) is 0 Å². The second-order valence-electron chi connectivity index (χ2n) is 5.14. The highest BCUT2D eigenvalue weighted by atomic mass is 16.5. The van der Waals surface area contributed by atoms with Crippen LogP contribution in [0.3, 0.4) is 0 Å². The molecule has 0 bridgehead atoms. The Balaban J connectivity index is 2.21. The lowest BCUT2D eigenvalue weighted by atomic mass is 9.74. The van der Waals surface area contributed by atoms with Crippen molar-refractivity contribution in [3.05, 3.63) is 11.7 Å². The largest absolute Gasteiger partial charge is 0.373 e. The summed E-state index contributed by atoms with van der Waals surface area (Å²) >= 11 is 0. The molecule has 0 aliphatic heterocycles. The Bertz CT molecular complexity index is 368. The standard InChI is InChI=1S/C13H23N3O2/c1-3-10(17-2)11-15-12(18-16-11)13(9-14)7-5-4-6-8-13/h10H,3-9,14H2,1-2H3. The normalized spacial score (nSPS) is 20.8. The Kier molecular flexibility index (Phi) is 4.35. The van der Waals surface area contributed by atoms with Gasteiger partial charge in [-0.05, 0) is 19.3 Å². The number of hydrogen-bond acceptors (Lipinski definition) is 5. The summed E-state index contributed by atoms with van der Waals surface area (Å²) in [5.74, 6) is 1.35. The van der Waals surface area contributed by atoms with Crippen molar-refractivity contribution in [2.24, 2.45) is 5.73 Å². The summed E-state index contributed by atoms with van der Waals surface area (Å²) in [7, 11) is 1.67. The second kappa shape index (κ2) is 5.80. The monoisotopic (exact) mass is 253 g/mol. The molecule has 1 fully saturated rings. The van der Waals surface area contributed by atoms with Gasteiger partial charge < -0.3 is 15.0 Å². The first kappa shape index (κ1) is 13.5. The maximum absolute atomic E-state index is 5.96. The number of rotatable bonds is 5. The van der Waals surface area contributed by atoms with Crippen LogP contribution in [0.1, 0.15) is 63.3 Å². The topological polar surface area (TPSA) is 74.2 Å². The van der Waals surface area contributed by atoms with Crippen LogP contribution in [-0.2, 0) is 10.2 Å². The van der Waals surface area contributed by atoms with E-state index in [0.29, 0.717) is 18.3 Å². The van der Waals surface area contributed by atoms with E-state index in [1.807, 2.05) is 6.92 Å². The van der Waals surface area contributed by atoms with E-state index >= 15 is 0 Å². The summed E-state index contributed by atoms with van der Waals surface area (Å²) in [6.07, 6.45) is 6.51. The Morgan fingerprint density at radius 1 is 1.39 bits per heavy atom. The summed E-state index contributed by atoms with van der Waals surface area (Å²) < 4.78 is 10.8. The number of methoxy groups -OCH3 is 1. The van der Waals surface area contributed by atoms with Gasteiger partial charge in [-0.2, -0.15) is 4.98 Å². The zero-order valence-electron chi connectivity index (χ0n) is 11.3. The molecule has 0 amide bonds. The molecule has 1 atom stereocenters. The Morgan fingerprint density at radius 2 is 2.11 bits per heavy atom. The maximum Gasteiger partial charge on any atom is 0.234 e. The molecule has 0 radical (unpaired) electrons. The molecule has 1 saturated carbocycles. The van der Waals surface area contributed by atoms with Crippen LogP contribution in [0.2, 0.25) is 0 Å². The lowest BCUT2D eigenvalue weighted by Gasteiger charge is -2.32. The van der Waals surface area contributed by atoms with Gasteiger partial charge in [0.05, 0.1) is 5.41 Å². The Hall–Kier alpha value is -0.940. The zero-order valence-corrected chi connectivity index (χ0v) is 11.3. The summed E-state index contributed by atoms with van der Waals surface area (Å²) in [5, 5.41) is 4.06. The van der Waals surface area contributed by atoms with Gasteiger partial charge in [-0.15, -0.1) is 0 Å². The van der Waals surface area contributed by atoms with Crippen LogP contribution < -0.4 is 5.73 Å². The minimum atomic E-state index is -0.102. The molecule has 1 aliphatic rings. The summed E-state index contributed by atoms with van der Waals surface area (Å²) in [6.45, 7) is 2.63. The molecule has 2 rings (SSSR count). The molecule has 1 heterocycles. The van der Waals surface area contributed by atoms with Crippen molar-refractivity contribution in [1.29, 1.82) is 0 Å². The van der Waals surface area contributed by atoms with E-state index in [4.69, 9.17) is 15.0 Å². The van der Waals surface area contributed by atoms with Crippen LogP contribution in [0.25, 0.3) is 0 Å². The van der Waals surface area contributed by atoms with Crippen molar-refractivity contribution >= 4 is 0 Å². The molecule has 5 heteroatoms. The fraction of sp³-hybridized carbons (Fsp3) is 0.846. The van der Waals surface area contributed by atoms with Crippen LogP contribution in [0.4, 0.5) is 0 Å². The number of nitrogens with two attached hydrogens (primary N) is 1. The highest BCUT2D eigenvalue weighted by Gasteiger charge is 2.38. The highest BCUT2D eigenvalue weighted by molar-refractivity contribution is 5.08. The number of aromatic nitrogens is 2. The Morgan fingerprint density at radius 3 is 2.67 bits per heavy atom. The van der Waals surface area contributed by atoms with E-state index in [2.05, 4.69) is 10.1 Å². The minimum Gasteiger partial charge on any atom is -0.373 e. The first-order chi connectivity index (χ1) is 8.75. The van der Waals surface area contributed by atoms with E-state index in [1.165, 1.54) is 19.3 Å². The number of ether oxygens (including phenoxy) is 1. The molecule has 1 aliphatic carbocycles. The SMILES string of the molecule is CCC(OC)c1noc(C2(CN)CCCCC2)n1. The molecule has 0 saturated heterocycles. The van der Waals surface area contributed by atoms with Gasteiger partial charge in [-0.25, -0.2) is 0 Å². The van der Waals surface area contributed by atoms with Gasteiger partial charge in [0.2, 0.25) is 11.7 Å². The molecule has 5 nitrogen and oxygen atoms in total. The molecular weight excluding hydrogens is 230 g/mol. The van der Waals surface area contributed by atoms with E-state index in [0.717, 1.165) is 19.3 Å². The molecule has 1 unspecified atom stereocenters. The van der Waals surface area contributed by atoms with Gasteiger partial charge in [-0.3, -0.25) is 0 Å². The van der Waals surface area contributed by atoms with Gasteiger partial charge >= 0.3 is 0 Å². The average molecular weight is 253 g/mol. The first-order valence-corrected chi connectivity index (χ1v) is 6.82. The van der Waals surface area contributed by atoms with Gasteiger partial charge in [0.25, 0.3) is 0 Å². The second-order valence-corrected chi connectivity index (χ2v) is 5.14. The van der Waals surface area contributed by atoms with Crippen LogP contribution in [0.15, 0.2) is 4.52 Å². The van der Waals surface area contributed by atoms with Crippen LogP contribution in [0, 0.1) is 0 Å². The molecule has 102 valence electrons. The fourth-order valence-electron chi connectivity index (χ4n) is 2.77. The molecule has 18 heavy (non-hydrogen) atoms. The lowest BCUT2D eigenvalue weighted by molar-refractivity contribution is 0.0903. The third-order valence-electron chi connectivity index (χ3n) is 4.04. The van der Waals surface area contributed by atoms with E-state index < -0.39 is 0 Å². The van der Waals surface area contributed by atoms with E-state index in [-0.39, 0.29) is 11.5 Å². The minimum absolute atomic E-state index is 0.0825. The van der Waals surface area contributed by atoms with Crippen molar-refractivity contribution in [1.82, 2.24) is 10.1 Å². The number of nitrogens with zero attached hydrogens (tertiary/aromatic N) is 2. The number of hydrogen-bond donors (Lipinski definition) is 1. The van der Waals surface area contributed by atoms with Crippen molar-refractivity contribution in [3.8, 4) is 0 Å². The Labute approximate surface area is 108 Å². The summed E-state index contributed by atoms with van der Waals surface area (Å²) in [5.41, 5.74) is 5.86. The molecule has 1 aromatic heterocycles. The third kappa shape index (κ3) is 2.42. The predicted molar refractivity (Wildman–Crippen MR) is 68.2 cm³/mol. The highest BCUT2D eigenvalue weighted by Crippen LogP contribution is 2.38. The van der Waals surface area contributed by atoms with Gasteiger partial charge in [0.1, 0.15) is 6.10 Å². The molecule has 0 aromatic carbocycles. The lowest BCUT2D eigenvalue weighted by Crippen LogP contribution is -2.37. The van der Waals surface area contributed by atoms with E-state index in [1.54, 1.807) is 7.11 Å². The van der Waals surface area contributed by atoms with Crippen LogP contribution in [-0.4, -0.2) is 23.8 Å². The first-order valence-electron chi connectivity index (χ1n) is 6.82. The van der Waals surface area contributed by atoms with E-state index in [9.17, 15) is 0 Å². The third-order valence-corrected chi connectivity index (χ3v) is 4.04. The fourth-order valence-corrected chi connectivity index (χ4v) is 2.77. The quantitative estimate of drug-likeness (QED) is 0.871. The van der Waals surface area contributed by atoms with Crippen molar-refractivity contribution in [3.63, 3.8) is 0 Å². The van der Waals surface area contributed by atoms with Crippen molar-refractivity contribution < 1.29 is 9.26 Å². The van der Waals surface area contributed by atoms with Crippen molar-refractivity contribution in [2.45, 2.75) is 57.0 Å².